The summed E-state index contributed by atoms with van der Waals surface area (Å²) < 4.78 is 11.0. The van der Waals surface area contributed by atoms with Gasteiger partial charge in [0.25, 0.3) is 0 Å². The molecule has 1 aromatic carbocycles. The van der Waals surface area contributed by atoms with E-state index in [0.717, 1.165) is 18.5 Å². The molecule has 0 bridgehead atoms. The molecule has 2 N–H and O–H groups in total. The molecule has 0 spiro atoms. The number of amides is 3. The normalized spacial score (nSPS) is 15.7. The number of carbonyl (C=O) groups is 2. The monoisotopic (exact) mass is 319 g/mol. The standard InChI is InChI=1S/C16H21N3O4/c1-11(20)19(7-6-17-16(21)18-12-2-3-12)13-4-5-14-15(10-13)23-9-8-22-14/h4-5,10,12H,2-3,6-9H2,1H3,(H2,17,18,21). The fraction of sp³-hybridized carbons (Fsp3) is 0.500. The van der Waals surface area contributed by atoms with Crippen LogP contribution in [0.15, 0.2) is 18.2 Å². The Balaban J connectivity index is 1.59. The van der Waals surface area contributed by atoms with Gasteiger partial charge in [0, 0.05) is 37.8 Å². The largest absolute Gasteiger partial charge is 0.486 e. The number of urea groups is 1. The van der Waals surface area contributed by atoms with Crippen LogP contribution in [0, 0.1) is 0 Å². The van der Waals surface area contributed by atoms with Crippen molar-refractivity contribution in [3.8, 4) is 11.5 Å². The predicted octanol–water partition coefficient (Wildman–Crippen LogP) is 1.27. The lowest BCUT2D eigenvalue weighted by molar-refractivity contribution is -0.116. The Labute approximate surface area is 134 Å². The molecule has 0 atom stereocenters. The topological polar surface area (TPSA) is 79.9 Å². The number of ether oxygens (including phenoxy) is 2. The molecule has 7 nitrogen and oxygen atoms in total. The van der Waals surface area contributed by atoms with E-state index in [4.69, 9.17) is 9.47 Å². The van der Waals surface area contributed by atoms with Gasteiger partial charge in [0.2, 0.25) is 5.91 Å². The van der Waals surface area contributed by atoms with Crippen LogP contribution in [0.3, 0.4) is 0 Å². The van der Waals surface area contributed by atoms with Crippen LogP contribution in [-0.4, -0.2) is 44.3 Å². The van der Waals surface area contributed by atoms with Gasteiger partial charge in [0.1, 0.15) is 13.2 Å². The molecule has 7 heteroatoms. The minimum absolute atomic E-state index is 0.0916. The minimum Gasteiger partial charge on any atom is -0.486 e. The molecule has 124 valence electrons. The average molecular weight is 319 g/mol. The van der Waals surface area contributed by atoms with Crippen LogP contribution in [0.25, 0.3) is 0 Å². The Morgan fingerprint density at radius 2 is 1.96 bits per heavy atom. The Kier molecular flexibility index (Phi) is 4.55. The first-order valence-corrected chi connectivity index (χ1v) is 7.85. The van der Waals surface area contributed by atoms with Gasteiger partial charge in [-0.05, 0) is 25.0 Å². The molecule has 1 saturated carbocycles. The third-order valence-corrected chi connectivity index (χ3v) is 3.75. The lowest BCUT2D eigenvalue weighted by atomic mass is 10.2. The van der Waals surface area contributed by atoms with Crippen LogP contribution in [0.4, 0.5) is 10.5 Å². The smallest absolute Gasteiger partial charge is 0.315 e. The molecule has 2 aliphatic rings. The van der Waals surface area contributed by atoms with Crippen molar-refractivity contribution in [2.45, 2.75) is 25.8 Å². The average Bonchev–Trinajstić information content (AvgIpc) is 3.34. The van der Waals surface area contributed by atoms with Gasteiger partial charge in [0.05, 0.1) is 0 Å². The fourth-order valence-electron chi connectivity index (χ4n) is 2.41. The quantitative estimate of drug-likeness (QED) is 0.856. The molecular weight excluding hydrogens is 298 g/mol. The third-order valence-electron chi connectivity index (χ3n) is 3.75. The molecule has 1 heterocycles. The van der Waals surface area contributed by atoms with Gasteiger partial charge in [-0.25, -0.2) is 4.79 Å². The van der Waals surface area contributed by atoms with E-state index in [0.29, 0.717) is 43.8 Å². The lowest BCUT2D eigenvalue weighted by Gasteiger charge is -2.24. The maximum Gasteiger partial charge on any atom is 0.315 e. The third kappa shape index (κ3) is 4.06. The number of rotatable bonds is 5. The van der Waals surface area contributed by atoms with Gasteiger partial charge >= 0.3 is 6.03 Å². The first kappa shape index (κ1) is 15.5. The molecule has 1 aromatic rings. The molecule has 1 fully saturated rings. The molecule has 3 rings (SSSR count). The molecule has 0 radical (unpaired) electrons. The Hall–Kier alpha value is -2.44. The number of nitrogens with one attached hydrogen (secondary N) is 2. The summed E-state index contributed by atoms with van der Waals surface area (Å²) in [6.45, 7) is 3.31. The zero-order valence-electron chi connectivity index (χ0n) is 13.1. The van der Waals surface area contributed by atoms with Crippen LogP contribution < -0.4 is 25.0 Å². The van der Waals surface area contributed by atoms with Crippen LogP contribution >= 0.6 is 0 Å². The van der Waals surface area contributed by atoms with E-state index in [1.54, 1.807) is 17.0 Å². The van der Waals surface area contributed by atoms with Crippen molar-refractivity contribution in [3.05, 3.63) is 18.2 Å². The molecule has 23 heavy (non-hydrogen) atoms. The van der Waals surface area contributed by atoms with E-state index < -0.39 is 0 Å². The second kappa shape index (κ2) is 6.76. The number of carbonyl (C=O) groups excluding carboxylic acids is 2. The van der Waals surface area contributed by atoms with Gasteiger partial charge < -0.3 is 25.0 Å². The van der Waals surface area contributed by atoms with Crippen LogP contribution in [0.1, 0.15) is 19.8 Å². The van der Waals surface area contributed by atoms with Crippen molar-refractivity contribution < 1.29 is 19.1 Å². The summed E-state index contributed by atoms with van der Waals surface area (Å²) in [7, 11) is 0. The zero-order chi connectivity index (χ0) is 16.2. The Morgan fingerprint density at radius 1 is 1.22 bits per heavy atom. The van der Waals surface area contributed by atoms with Crippen LogP contribution in [-0.2, 0) is 4.79 Å². The summed E-state index contributed by atoms with van der Waals surface area (Å²) in [5.41, 5.74) is 0.728. The number of nitrogens with zero attached hydrogens (tertiary/aromatic N) is 1. The van der Waals surface area contributed by atoms with Crippen molar-refractivity contribution >= 4 is 17.6 Å². The SMILES string of the molecule is CC(=O)N(CCNC(=O)NC1CC1)c1ccc2c(c1)OCCO2. The Bertz CT molecular complexity index is 601. The molecule has 1 aliphatic carbocycles. The maximum absolute atomic E-state index is 11.9. The summed E-state index contributed by atoms with van der Waals surface area (Å²) in [5.74, 6) is 1.23. The summed E-state index contributed by atoms with van der Waals surface area (Å²) >= 11 is 0. The van der Waals surface area contributed by atoms with Gasteiger partial charge in [-0.2, -0.15) is 0 Å². The number of hydrogen-bond donors (Lipinski definition) is 2. The van der Waals surface area contributed by atoms with Crippen molar-refractivity contribution in [2.75, 3.05) is 31.2 Å². The minimum atomic E-state index is -0.182. The molecule has 1 aliphatic heterocycles. The molecule has 0 unspecified atom stereocenters. The van der Waals surface area contributed by atoms with Crippen LogP contribution in [0.2, 0.25) is 0 Å². The van der Waals surface area contributed by atoms with Gasteiger partial charge in [-0.1, -0.05) is 0 Å². The lowest BCUT2D eigenvalue weighted by Crippen LogP contribution is -2.42. The van der Waals surface area contributed by atoms with Crippen molar-refractivity contribution in [1.29, 1.82) is 0 Å². The summed E-state index contributed by atoms with van der Waals surface area (Å²) in [6.07, 6.45) is 2.09. The molecular formula is C16H21N3O4. The first-order valence-electron chi connectivity index (χ1n) is 7.85. The highest BCUT2D eigenvalue weighted by Crippen LogP contribution is 2.33. The van der Waals surface area contributed by atoms with Crippen molar-refractivity contribution in [1.82, 2.24) is 10.6 Å². The summed E-state index contributed by atoms with van der Waals surface area (Å²) in [5, 5.41) is 5.62. The highest BCUT2D eigenvalue weighted by atomic mass is 16.6. The van der Waals surface area contributed by atoms with E-state index in [2.05, 4.69) is 10.6 Å². The van der Waals surface area contributed by atoms with E-state index >= 15 is 0 Å². The highest BCUT2D eigenvalue weighted by Gasteiger charge is 2.23. The first-order chi connectivity index (χ1) is 11.1. The van der Waals surface area contributed by atoms with Gasteiger partial charge in [-0.3, -0.25) is 4.79 Å². The summed E-state index contributed by atoms with van der Waals surface area (Å²) in [6, 6.07) is 5.54. The Morgan fingerprint density at radius 3 is 2.65 bits per heavy atom. The zero-order valence-corrected chi connectivity index (χ0v) is 13.1. The predicted molar refractivity (Wildman–Crippen MR) is 85.0 cm³/mol. The molecule has 0 saturated heterocycles. The van der Waals surface area contributed by atoms with Crippen molar-refractivity contribution in [2.24, 2.45) is 0 Å². The van der Waals surface area contributed by atoms with E-state index in [1.165, 1.54) is 6.92 Å². The number of hydrogen-bond acceptors (Lipinski definition) is 4. The highest BCUT2D eigenvalue weighted by molar-refractivity contribution is 5.92. The maximum atomic E-state index is 11.9. The van der Waals surface area contributed by atoms with Gasteiger partial charge in [0.15, 0.2) is 11.5 Å². The fourth-order valence-corrected chi connectivity index (χ4v) is 2.41. The number of benzene rings is 1. The number of fused-ring (bicyclic) bond motifs is 1. The summed E-state index contributed by atoms with van der Waals surface area (Å²) in [4.78, 5) is 25.1. The molecule has 0 aromatic heterocycles. The van der Waals surface area contributed by atoms with Gasteiger partial charge in [-0.15, -0.1) is 0 Å². The number of anilines is 1. The van der Waals surface area contributed by atoms with E-state index in [9.17, 15) is 9.59 Å². The second-order valence-electron chi connectivity index (χ2n) is 5.67. The second-order valence-corrected chi connectivity index (χ2v) is 5.67. The van der Waals surface area contributed by atoms with Crippen molar-refractivity contribution in [3.63, 3.8) is 0 Å². The molecule has 3 amide bonds. The van der Waals surface area contributed by atoms with E-state index in [-0.39, 0.29) is 11.9 Å². The van der Waals surface area contributed by atoms with E-state index in [1.807, 2.05) is 6.07 Å². The van der Waals surface area contributed by atoms with Crippen LogP contribution in [0.5, 0.6) is 11.5 Å².